The van der Waals surface area contributed by atoms with Crippen LogP contribution in [-0.4, -0.2) is 40.0 Å². The Hall–Kier alpha value is -1.40. The fraction of sp³-hybridized carbons (Fsp3) is 0.500. The van der Waals surface area contributed by atoms with Crippen LogP contribution in [0, 0.1) is 0 Å². The zero-order valence-electron chi connectivity index (χ0n) is 7.85. The maximum absolute atomic E-state index is 10.9. The molecule has 0 saturated carbocycles. The SMILES string of the molecule is CC(C)=C(O)C(=O)OC(=O)C(O)CO. The first-order valence-corrected chi connectivity index (χ1v) is 3.81. The molecule has 0 aromatic carbocycles. The van der Waals surface area contributed by atoms with Crippen molar-refractivity contribution in [1.82, 2.24) is 0 Å². The third-order valence-electron chi connectivity index (χ3n) is 1.31. The summed E-state index contributed by atoms with van der Waals surface area (Å²) in [6.45, 7) is 2.05. The van der Waals surface area contributed by atoms with E-state index in [1.165, 1.54) is 13.8 Å². The van der Waals surface area contributed by atoms with Crippen molar-refractivity contribution in [1.29, 1.82) is 0 Å². The Labute approximate surface area is 80.4 Å². The third-order valence-corrected chi connectivity index (χ3v) is 1.31. The molecule has 0 rings (SSSR count). The van der Waals surface area contributed by atoms with Crippen LogP contribution in [0.4, 0.5) is 0 Å². The van der Waals surface area contributed by atoms with Crippen molar-refractivity contribution in [2.45, 2.75) is 20.0 Å². The number of carbonyl (C=O) groups is 2. The number of ether oxygens (including phenoxy) is 1. The van der Waals surface area contributed by atoms with Crippen LogP contribution in [0.15, 0.2) is 11.3 Å². The second-order valence-corrected chi connectivity index (χ2v) is 2.76. The molecular formula is C8H12O6. The molecule has 0 bridgehead atoms. The van der Waals surface area contributed by atoms with Crippen molar-refractivity contribution in [3.8, 4) is 0 Å². The first-order chi connectivity index (χ1) is 6.40. The zero-order valence-corrected chi connectivity index (χ0v) is 7.85. The van der Waals surface area contributed by atoms with Crippen molar-refractivity contribution >= 4 is 11.9 Å². The molecule has 6 heteroatoms. The fourth-order valence-electron chi connectivity index (χ4n) is 0.486. The molecule has 1 atom stereocenters. The van der Waals surface area contributed by atoms with Crippen molar-refractivity contribution in [2.24, 2.45) is 0 Å². The summed E-state index contributed by atoms with van der Waals surface area (Å²) >= 11 is 0. The van der Waals surface area contributed by atoms with Gasteiger partial charge < -0.3 is 20.1 Å². The van der Waals surface area contributed by atoms with Gasteiger partial charge in [0.25, 0.3) is 0 Å². The highest BCUT2D eigenvalue weighted by Crippen LogP contribution is 2.02. The molecule has 0 aliphatic rings. The van der Waals surface area contributed by atoms with E-state index < -0.39 is 30.4 Å². The van der Waals surface area contributed by atoms with E-state index in [2.05, 4.69) is 4.74 Å². The second kappa shape index (κ2) is 5.36. The molecule has 0 heterocycles. The first-order valence-electron chi connectivity index (χ1n) is 3.81. The van der Waals surface area contributed by atoms with Gasteiger partial charge in [-0.3, -0.25) is 0 Å². The highest BCUT2D eigenvalue weighted by Gasteiger charge is 2.21. The molecule has 0 fully saturated rings. The van der Waals surface area contributed by atoms with E-state index in [1.807, 2.05) is 0 Å². The van der Waals surface area contributed by atoms with Gasteiger partial charge in [-0.15, -0.1) is 0 Å². The second-order valence-electron chi connectivity index (χ2n) is 2.76. The lowest BCUT2D eigenvalue weighted by Crippen LogP contribution is -2.29. The number of allylic oxidation sites excluding steroid dienone is 1. The summed E-state index contributed by atoms with van der Waals surface area (Å²) in [5.74, 6) is -3.24. The Balaban J connectivity index is 4.35. The van der Waals surface area contributed by atoms with Gasteiger partial charge in [0.2, 0.25) is 5.76 Å². The van der Waals surface area contributed by atoms with Gasteiger partial charge in [-0.1, -0.05) is 0 Å². The average molecular weight is 204 g/mol. The van der Waals surface area contributed by atoms with Gasteiger partial charge in [0.05, 0.1) is 6.61 Å². The summed E-state index contributed by atoms with van der Waals surface area (Å²) in [5.41, 5.74) is 0.279. The largest absolute Gasteiger partial charge is 0.502 e. The summed E-state index contributed by atoms with van der Waals surface area (Å²) in [6.07, 6.45) is -1.77. The van der Waals surface area contributed by atoms with Gasteiger partial charge in [0.15, 0.2) is 6.10 Å². The molecule has 0 aromatic rings. The maximum Gasteiger partial charge on any atom is 0.381 e. The monoisotopic (exact) mass is 204 g/mol. The number of hydrogen-bond acceptors (Lipinski definition) is 6. The highest BCUT2D eigenvalue weighted by molar-refractivity contribution is 5.96. The summed E-state index contributed by atoms with van der Waals surface area (Å²) < 4.78 is 4.03. The van der Waals surface area contributed by atoms with E-state index in [4.69, 9.17) is 15.3 Å². The van der Waals surface area contributed by atoms with Crippen LogP contribution < -0.4 is 0 Å². The molecule has 0 amide bonds. The number of aliphatic hydroxyl groups excluding tert-OH is 3. The summed E-state index contributed by atoms with van der Waals surface area (Å²) in [7, 11) is 0. The molecule has 1 unspecified atom stereocenters. The fourth-order valence-corrected chi connectivity index (χ4v) is 0.486. The van der Waals surface area contributed by atoms with E-state index in [0.29, 0.717) is 0 Å². The van der Waals surface area contributed by atoms with E-state index >= 15 is 0 Å². The number of rotatable bonds is 3. The van der Waals surface area contributed by atoms with E-state index in [0.717, 1.165) is 0 Å². The standard InChI is InChI=1S/C8H12O6/c1-4(2)6(11)8(13)14-7(12)5(10)3-9/h5,9-11H,3H2,1-2H3. The molecule has 3 N–H and O–H groups in total. The van der Waals surface area contributed by atoms with Gasteiger partial charge in [-0.05, 0) is 19.4 Å². The quantitative estimate of drug-likeness (QED) is 0.242. The molecular weight excluding hydrogens is 192 g/mol. The minimum absolute atomic E-state index is 0.279. The lowest BCUT2D eigenvalue weighted by molar-refractivity contribution is -0.166. The van der Waals surface area contributed by atoms with Gasteiger partial charge >= 0.3 is 11.9 Å². The average Bonchev–Trinajstić information content (AvgIpc) is 2.14. The van der Waals surface area contributed by atoms with Crippen molar-refractivity contribution in [3.63, 3.8) is 0 Å². The van der Waals surface area contributed by atoms with Crippen molar-refractivity contribution < 1.29 is 29.6 Å². The highest BCUT2D eigenvalue weighted by atomic mass is 16.6. The predicted octanol–water partition coefficient (Wildman–Crippen LogP) is -0.739. The van der Waals surface area contributed by atoms with Gasteiger partial charge in [-0.2, -0.15) is 0 Å². The van der Waals surface area contributed by atoms with Crippen molar-refractivity contribution in [3.05, 3.63) is 11.3 Å². The topological polar surface area (TPSA) is 104 Å². The lowest BCUT2D eigenvalue weighted by Gasteiger charge is -2.06. The molecule has 0 spiro atoms. The molecule has 0 aliphatic carbocycles. The van der Waals surface area contributed by atoms with Crippen LogP contribution in [0.5, 0.6) is 0 Å². The predicted molar refractivity (Wildman–Crippen MR) is 45.2 cm³/mol. The lowest BCUT2D eigenvalue weighted by atomic mass is 10.3. The minimum Gasteiger partial charge on any atom is -0.502 e. The Morgan fingerprint density at radius 2 is 1.86 bits per heavy atom. The van der Waals surface area contributed by atoms with Gasteiger partial charge in [0.1, 0.15) is 0 Å². The number of carbonyl (C=O) groups excluding carboxylic acids is 2. The Kier molecular flexibility index (Phi) is 4.82. The molecule has 80 valence electrons. The molecule has 0 saturated heterocycles. The zero-order chi connectivity index (χ0) is 11.3. The van der Waals surface area contributed by atoms with Crippen LogP contribution in [-0.2, 0) is 14.3 Å². The van der Waals surface area contributed by atoms with E-state index in [9.17, 15) is 9.59 Å². The van der Waals surface area contributed by atoms with E-state index in [-0.39, 0.29) is 5.57 Å². The number of hydrogen-bond donors (Lipinski definition) is 3. The van der Waals surface area contributed by atoms with Gasteiger partial charge in [-0.25, -0.2) is 9.59 Å². The minimum atomic E-state index is -1.77. The molecule has 0 aromatic heterocycles. The van der Waals surface area contributed by atoms with Crippen LogP contribution >= 0.6 is 0 Å². The Bertz CT molecular complexity index is 263. The first kappa shape index (κ1) is 12.6. The van der Waals surface area contributed by atoms with E-state index in [1.54, 1.807) is 0 Å². The molecule has 6 nitrogen and oxygen atoms in total. The van der Waals surface area contributed by atoms with Crippen LogP contribution in [0.3, 0.4) is 0 Å². The summed E-state index contributed by atoms with van der Waals surface area (Å²) in [6, 6.07) is 0. The molecule has 0 radical (unpaired) electrons. The third kappa shape index (κ3) is 3.55. The maximum atomic E-state index is 10.9. The van der Waals surface area contributed by atoms with Gasteiger partial charge in [0, 0.05) is 0 Å². The number of aliphatic hydroxyl groups is 3. The summed E-state index contributed by atoms with van der Waals surface area (Å²) in [4.78, 5) is 21.6. The summed E-state index contributed by atoms with van der Waals surface area (Å²) in [5, 5.41) is 26.1. The molecule has 14 heavy (non-hydrogen) atoms. The number of esters is 2. The normalized spacial score (nSPS) is 11.7. The molecule has 0 aliphatic heterocycles. The van der Waals surface area contributed by atoms with Crippen LogP contribution in [0.25, 0.3) is 0 Å². The van der Waals surface area contributed by atoms with Crippen LogP contribution in [0.1, 0.15) is 13.8 Å². The van der Waals surface area contributed by atoms with Crippen LogP contribution in [0.2, 0.25) is 0 Å². The Morgan fingerprint density at radius 3 is 2.21 bits per heavy atom. The Morgan fingerprint density at radius 1 is 1.36 bits per heavy atom. The smallest absolute Gasteiger partial charge is 0.381 e. The van der Waals surface area contributed by atoms with Crippen molar-refractivity contribution in [2.75, 3.05) is 6.61 Å².